The van der Waals surface area contributed by atoms with E-state index in [0.717, 1.165) is 131 Å². The molecule has 6 N–H and O–H groups in total. The van der Waals surface area contributed by atoms with Gasteiger partial charge < -0.3 is 20.8 Å². The predicted octanol–water partition coefficient (Wildman–Crippen LogP) is 7.50. The number of rotatable bonds is 8. The van der Waals surface area contributed by atoms with Crippen LogP contribution >= 0.6 is 0 Å². The van der Waals surface area contributed by atoms with Crippen LogP contribution in [0.1, 0.15) is 74.1 Å². The van der Waals surface area contributed by atoms with Crippen LogP contribution in [0.2, 0.25) is 0 Å². The molecule has 6 aromatic heterocycles. The highest BCUT2D eigenvalue weighted by atomic mass is 16.3. The summed E-state index contributed by atoms with van der Waals surface area (Å²) >= 11 is 0. The van der Waals surface area contributed by atoms with Crippen molar-refractivity contribution in [3.8, 4) is 0 Å². The van der Waals surface area contributed by atoms with Gasteiger partial charge in [0.05, 0.1) is 23.2 Å². The summed E-state index contributed by atoms with van der Waals surface area (Å²) in [5.74, 6) is 2.36. The first-order chi connectivity index (χ1) is 27.3. The lowest BCUT2D eigenvalue weighted by Crippen LogP contribution is -2.20. The fraction of sp³-hybridized carbons (Fsp3) is 0.381. The summed E-state index contributed by atoms with van der Waals surface area (Å²) in [6, 6.07) is 24.4. The van der Waals surface area contributed by atoms with Crippen molar-refractivity contribution >= 4 is 56.4 Å². The number of nitrogens with one attached hydrogen (secondary N) is 4. The lowest BCUT2D eigenvalue weighted by Gasteiger charge is -2.25. The van der Waals surface area contributed by atoms with E-state index in [4.69, 9.17) is 10.2 Å². The Morgan fingerprint density at radius 3 is 1.45 bits per heavy atom. The maximum Gasteiger partial charge on any atom is 0.247 e. The van der Waals surface area contributed by atoms with E-state index in [9.17, 15) is 10.2 Å². The highest BCUT2D eigenvalue weighted by molar-refractivity contribution is 5.85. The monoisotopic (exact) mass is 752 g/mol. The number of benzene rings is 2. The van der Waals surface area contributed by atoms with Gasteiger partial charge in [0.25, 0.3) is 0 Å². The third-order valence-corrected chi connectivity index (χ3v) is 11.5. The molecule has 0 bridgehead atoms. The van der Waals surface area contributed by atoms with Crippen molar-refractivity contribution in [1.29, 1.82) is 0 Å². The number of aromatic amines is 2. The molecule has 0 amide bonds. The minimum atomic E-state index is -0.121. The topological polar surface area (TPSA) is 182 Å². The Bertz CT molecular complexity index is 2430. The first-order valence-electron chi connectivity index (χ1n) is 19.8. The van der Waals surface area contributed by atoms with Crippen molar-refractivity contribution in [2.75, 3.05) is 10.6 Å². The molecule has 10 rings (SSSR count). The molecule has 8 aromatic rings. The van der Waals surface area contributed by atoms with Crippen LogP contribution in [0, 0.1) is 25.7 Å². The SMILES string of the molecule is Cc1[nH]nc2cc(Nc3nc4cccc(CC5CCC(O)CC5)n4n3)ccc12.Cc1[nH]nc2cc(Nc3nc4cccc(CC5CCC(O)CC5)n4n3)ccc12. The Hall–Kier alpha value is -5.86. The number of aliphatic hydroxyl groups excluding tert-OH is 2. The van der Waals surface area contributed by atoms with Crippen molar-refractivity contribution in [3.63, 3.8) is 0 Å². The Morgan fingerprint density at radius 1 is 0.589 bits per heavy atom. The molecule has 0 radical (unpaired) electrons. The summed E-state index contributed by atoms with van der Waals surface area (Å²) in [4.78, 5) is 9.26. The second kappa shape index (κ2) is 15.3. The molecule has 14 heteroatoms. The molecule has 14 nitrogen and oxygen atoms in total. The third kappa shape index (κ3) is 7.66. The van der Waals surface area contributed by atoms with E-state index in [-0.39, 0.29) is 12.2 Å². The Balaban J connectivity index is 0.000000146. The van der Waals surface area contributed by atoms with E-state index in [1.54, 1.807) is 0 Å². The minimum Gasteiger partial charge on any atom is -0.393 e. The quantitative estimate of drug-likeness (QED) is 0.0909. The number of aromatic nitrogens is 10. The van der Waals surface area contributed by atoms with Gasteiger partial charge in [-0.1, -0.05) is 12.1 Å². The lowest BCUT2D eigenvalue weighted by molar-refractivity contribution is 0.108. The van der Waals surface area contributed by atoms with Crippen LogP contribution in [-0.2, 0) is 12.8 Å². The van der Waals surface area contributed by atoms with Gasteiger partial charge in [0.1, 0.15) is 0 Å². The molecule has 2 saturated carbocycles. The van der Waals surface area contributed by atoms with Gasteiger partial charge in [0.2, 0.25) is 11.9 Å². The zero-order valence-electron chi connectivity index (χ0n) is 31.8. The van der Waals surface area contributed by atoms with E-state index >= 15 is 0 Å². The molecule has 2 aliphatic carbocycles. The van der Waals surface area contributed by atoms with Crippen LogP contribution in [0.4, 0.5) is 23.3 Å². The maximum atomic E-state index is 9.73. The molecule has 0 atom stereocenters. The van der Waals surface area contributed by atoms with Crippen LogP contribution in [0.5, 0.6) is 0 Å². The van der Waals surface area contributed by atoms with Crippen LogP contribution in [0.25, 0.3) is 33.1 Å². The number of hydrogen-bond acceptors (Lipinski definition) is 10. The van der Waals surface area contributed by atoms with Gasteiger partial charge in [-0.3, -0.25) is 10.2 Å². The van der Waals surface area contributed by atoms with Gasteiger partial charge in [-0.2, -0.15) is 20.2 Å². The minimum absolute atomic E-state index is 0.121. The van der Waals surface area contributed by atoms with Crippen molar-refractivity contribution in [1.82, 2.24) is 49.6 Å². The number of pyridine rings is 2. The highest BCUT2D eigenvalue weighted by Gasteiger charge is 2.22. The number of aliphatic hydroxyl groups is 2. The van der Waals surface area contributed by atoms with E-state index in [0.29, 0.717) is 23.7 Å². The summed E-state index contributed by atoms with van der Waals surface area (Å²) in [7, 11) is 0. The Kier molecular flexibility index (Phi) is 9.82. The van der Waals surface area contributed by atoms with Gasteiger partial charge in [0.15, 0.2) is 11.3 Å². The third-order valence-electron chi connectivity index (χ3n) is 11.5. The average molecular weight is 753 g/mol. The summed E-state index contributed by atoms with van der Waals surface area (Å²) < 4.78 is 3.87. The van der Waals surface area contributed by atoms with Gasteiger partial charge in [0, 0.05) is 44.9 Å². The van der Waals surface area contributed by atoms with E-state index in [1.807, 2.05) is 71.4 Å². The smallest absolute Gasteiger partial charge is 0.247 e. The largest absolute Gasteiger partial charge is 0.393 e. The first kappa shape index (κ1) is 35.8. The molecule has 6 heterocycles. The molecule has 2 fully saturated rings. The zero-order chi connectivity index (χ0) is 38.2. The molecule has 2 aromatic carbocycles. The average Bonchev–Trinajstić information content (AvgIpc) is 3.99. The predicted molar refractivity (Wildman–Crippen MR) is 218 cm³/mol. The first-order valence-corrected chi connectivity index (χ1v) is 19.8. The van der Waals surface area contributed by atoms with Gasteiger partial charge in [-0.25, -0.2) is 9.03 Å². The molecule has 0 spiro atoms. The van der Waals surface area contributed by atoms with Crippen molar-refractivity contribution in [2.45, 2.75) is 90.3 Å². The fourth-order valence-corrected chi connectivity index (χ4v) is 8.33. The molecule has 288 valence electrons. The lowest BCUT2D eigenvalue weighted by atomic mass is 9.84. The molecular weight excluding hydrogens is 705 g/mol. The highest BCUT2D eigenvalue weighted by Crippen LogP contribution is 2.30. The molecule has 0 aliphatic heterocycles. The summed E-state index contributed by atoms with van der Waals surface area (Å²) in [5, 5.41) is 52.3. The summed E-state index contributed by atoms with van der Waals surface area (Å²) in [6.45, 7) is 4.03. The molecular formula is C42H48N12O2. The Morgan fingerprint density at radius 2 is 1.02 bits per heavy atom. The number of aryl methyl sites for hydroxylation is 2. The summed E-state index contributed by atoms with van der Waals surface area (Å²) in [5.41, 5.74) is 9.81. The number of nitrogens with zero attached hydrogens (tertiary/aromatic N) is 8. The second-order valence-electron chi connectivity index (χ2n) is 15.6. The van der Waals surface area contributed by atoms with E-state index in [1.165, 1.54) is 0 Å². The molecule has 56 heavy (non-hydrogen) atoms. The van der Waals surface area contributed by atoms with E-state index < -0.39 is 0 Å². The standard InChI is InChI=1S/2C21H24N6O/c2*1-13-18-10-7-15(12-19(18)25-24-13)22-21-23-20-4-2-3-16(27(20)26-21)11-14-5-8-17(28)9-6-14/h2*2-4,7,10,12,14,17,28H,5-6,8-9,11H2,1H3,(H,22,26)(H,24,25). The normalized spacial score (nSPS) is 20.1. The zero-order valence-corrected chi connectivity index (χ0v) is 31.8. The van der Waals surface area contributed by atoms with Gasteiger partial charge >= 0.3 is 0 Å². The molecule has 2 aliphatic rings. The number of H-pyrrole nitrogens is 2. The van der Waals surface area contributed by atoms with Crippen LogP contribution in [-0.4, -0.2) is 72.0 Å². The number of anilines is 4. The molecule has 0 unspecified atom stereocenters. The Labute approximate surface area is 323 Å². The second-order valence-corrected chi connectivity index (χ2v) is 15.6. The fourth-order valence-electron chi connectivity index (χ4n) is 8.33. The molecule has 0 saturated heterocycles. The van der Waals surface area contributed by atoms with Crippen LogP contribution in [0.15, 0.2) is 72.8 Å². The van der Waals surface area contributed by atoms with Crippen molar-refractivity contribution < 1.29 is 10.2 Å². The van der Waals surface area contributed by atoms with E-state index in [2.05, 4.69) is 65.3 Å². The van der Waals surface area contributed by atoms with Crippen molar-refractivity contribution in [3.05, 3.63) is 95.6 Å². The van der Waals surface area contributed by atoms with Gasteiger partial charge in [-0.15, -0.1) is 10.2 Å². The van der Waals surface area contributed by atoms with Crippen molar-refractivity contribution in [2.24, 2.45) is 11.8 Å². The number of fused-ring (bicyclic) bond motifs is 4. The maximum absolute atomic E-state index is 9.73. The number of hydrogen-bond donors (Lipinski definition) is 6. The summed E-state index contributed by atoms with van der Waals surface area (Å²) in [6.07, 6.45) is 9.58. The van der Waals surface area contributed by atoms with Gasteiger partial charge in [-0.05, 0) is 151 Å². The van der Waals surface area contributed by atoms with Crippen LogP contribution in [0.3, 0.4) is 0 Å². The van der Waals surface area contributed by atoms with Crippen LogP contribution < -0.4 is 10.6 Å².